The predicted molar refractivity (Wildman–Crippen MR) is 122 cm³/mol. The van der Waals surface area contributed by atoms with Crippen LogP contribution in [0.1, 0.15) is 33.2 Å². The van der Waals surface area contributed by atoms with Gasteiger partial charge in [-0.05, 0) is 41.5 Å². The quantitative estimate of drug-likeness (QED) is 0.611. The smallest absolute Gasteiger partial charge is 0.255 e. The highest BCUT2D eigenvalue weighted by atomic mass is 16.5. The molecule has 0 radical (unpaired) electrons. The molecule has 7 nitrogen and oxygen atoms in total. The number of aliphatic hydroxyl groups excluding tert-OH is 1. The normalized spacial score (nSPS) is 17.9. The lowest BCUT2D eigenvalue weighted by molar-refractivity contribution is -0.162. The molecule has 2 atom stereocenters. The Morgan fingerprint density at radius 3 is 2.55 bits per heavy atom. The first-order chi connectivity index (χ1) is 16.1. The Kier molecular flexibility index (Phi) is 6.79. The summed E-state index contributed by atoms with van der Waals surface area (Å²) in [5.41, 5.74) is 3.16. The molecule has 7 heteroatoms. The van der Waals surface area contributed by atoms with Crippen molar-refractivity contribution < 1.29 is 19.4 Å². The number of rotatable bonds is 6. The van der Waals surface area contributed by atoms with Crippen LogP contribution in [-0.2, 0) is 16.1 Å². The van der Waals surface area contributed by atoms with E-state index in [1.54, 1.807) is 35.2 Å². The lowest BCUT2D eigenvalue weighted by Gasteiger charge is -2.40. The van der Waals surface area contributed by atoms with E-state index in [9.17, 15) is 14.7 Å². The fraction of sp³-hybridized carbons (Fsp3) is 0.192. The van der Waals surface area contributed by atoms with E-state index in [-0.39, 0.29) is 25.0 Å². The number of morpholine rings is 1. The van der Waals surface area contributed by atoms with Crippen molar-refractivity contribution in [1.29, 1.82) is 5.26 Å². The summed E-state index contributed by atoms with van der Waals surface area (Å²) in [5, 5.41) is 21.9. The summed E-state index contributed by atoms with van der Waals surface area (Å²) in [6.45, 7) is 0.0827. The van der Waals surface area contributed by atoms with Crippen molar-refractivity contribution in [2.45, 2.75) is 18.7 Å². The molecular weight excluding hydrogens is 418 g/mol. The van der Waals surface area contributed by atoms with Crippen LogP contribution in [0.25, 0.3) is 0 Å². The van der Waals surface area contributed by atoms with Crippen LogP contribution >= 0.6 is 0 Å². The van der Waals surface area contributed by atoms with E-state index in [4.69, 9.17) is 10.00 Å². The van der Waals surface area contributed by atoms with Crippen LogP contribution in [0.4, 0.5) is 5.69 Å². The third-order valence-corrected chi connectivity index (χ3v) is 5.59. The van der Waals surface area contributed by atoms with Gasteiger partial charge in [0.15, 0.2) is 0 Å². The summed E-state index contributed by atoms with van der Waals surface area (Å²) in [5.74, 6) is -0.487. The number of benzene rings is 3. The minimum absolute atomic E-state index is 0.0677. The maximum Gasteiger partial charge on any atom is 0.255 e. The number of carbonyl (C=O) groups excluding carboxylic acids is 2. The van der Waals surface area contributed by atoms with Crippen molar-refractivity contribution in [3.05, 3.63) is 101 Å². The zero-order valence-corrected chi connectivity index (χ0v) is 17.8. The minimum atomic E-state index is -0.527. The van der Waals surface area contributed by atoms with Crippen molar-refractivity contribution in [3.8, 4) is 6.07 Å². The second kappa shape index (κ2) is 10.1. The number of ether oxygens (including phenoxy) is 1. The van der Waals surface area contributed by atoms with Gasteiger partial charge in [-0.15, -0.1) is 0 Å². The predicted octanol–water partition coefficient (Wildman–Crippen LogP) is 3.27. The van der Waals surface area contributed by atoms with Crippen LogP contribution < -0.4 is 5.32 Å². The maximum absolute atomic E-state index is 12.5. The van der Waals surface area contributed by atoms with Gasteiger partial charge in [-0.3, -0.25) is 9.59 Å². The Hall–Kier alpha value is -3.99. The van der Waals surface area contributed by atoms with Gasteiger partial charge in [0.2, 0.25) is 5.91 Å². The van der Waals surface area contributed by atoms with E-state index in [1.807, 2.05) is 48.5 Å². The first-order valence-electron chi connectivity index (χ1n) is 10.6. The molecule has 1 aliphatic heterocycles. The van der Waals surface area contributed by atoms with Gasteiger partial charge < -0.3 is 20.1 Å². The first kappa shape index (κ1) is 22.2. The summed E-state index contributed by atoms with van der Waals surface area (Å²) >= 11 is 0. The average Bonchev–Trinajstić information content (AvgIpc) is 2.86. The van der Waals surface area contributed by atoms with Crippen molar-refractivity contribution in [2.75, 3.05) is 18.5 Å². The molecule has 0 aromatic heterocycles. The Balaban J connectivity index is 1.48. The highest BCUT2D eigenvalue weighted by molar-refractivity contribution is 6.04. The lowest BCUT2D eigenvalue weighted by atomic mass is 9.98. The molecule has 2 amide bonds. The summed E-state index contributed by atoms with van der Waals surface area (Å²) in [4.78, 5) is 26.7. The largest absolute Gasteiger partial charge is 0.394 e. The molecule has 1 heterocycles. The third-order valence-electron chi connectivity index (χ3n) is 5.59. The molecule has 3 aromatic rings. The number of nitrogens with one attached hydrogen (secondary N) is 1. The molecule has 2 unspecified atom stereocenters. The zero-order chi connectivity index (χ0) is 23.2. The van der Waals surface area contributed by atoms with Crippen molar-refractivity contribution >= 4 is 17.5 Å². The van der Waals surface area contributed by atoms with Crippen LogP contribution in [0.5, 0.6) is 0 Å². The number of nitriles is 1. The molecule has 0 spiro atoms. The van der Waals surface area contributed by atoms with Gasteiger partial charge in [0.25, 0.3) is 5.91 Å². The monoisotopic (exact) mass is 441 g/mol. The summed E-state index contributed by atoms with van der Waals surface area (Å²) in [6, 6.07) is 24.7. The molecule has 4 rings (SSSR count). The van der Waals surface area contributed by atoms with Gasteiger partial charge >= 0.3 is 0 Å². The number of hydrogen-bond acceptors (Lipinski definition) is 5. The number of carbonyl (C=O) groups is 2. The topological polar surface area (TPSA) is 103 Å². The van der Waals surface area contributed by atoms with Crippen molar-refractivity contribution in [2.24, 2.45) is 0 Å². The van der Waals surface area contributed by atoms with E-state index in [1.165, 1.54) is 6.07 Å². The van der Waals surface area contributed by atoms with Crippen LogP contribution in [0.15, 0.2) is 78.9 Å². The Bertz CT molecular complexity index is 1170. The van der Waals surface area contributed by atoms with E-state index in [2.05, 4.69) is 5.32 Å². The summed E-state index contributed by atoms with van der Waals surface area (Å²) in [7, 11) is 0. The van der Waals surface area contributed by atoms with E-state index in [0.29, 0.717) is 23.4 Å². The first-order valence-corrected chi connectivity index (χ1v) is 10.6. The van der Waals surface area contributed by atoms with Gasteiger partial charge in [0.05, 0.1) is 24.3 Å². The number of nitrogens with zero attached hydrogens (tertiary/aromatic N) is 2. The fourth-order valence-electron chi connectivity index (χ4n) is 3.89. The molecule has 0 bridgehead atoms. The SMILES string of the molecule is N#Cc1cccc(C(=O)Nc2ccc(C3OCC(=O)N(Cc4ccccc4)C3CO)cc2)c1. The standard InChI is InChI=1S/C26H23N3O4/c27-14-19-7-4-8-21(13-19)26(32)28-22-11-9-20(10-12-22)25-23(16-30)29(24(31)17-33-25)15-18-5-2-1-3-6-18/h1-13,23,25,30H,15-17H2,(H,28,32). The third kappa shape index (κ3) is 5.09. The summed E-state index contributed by atoms with van der Waals surface area (Å²) in [6.07, 6.45) is -0.492. The Morgan fingerprint density at radius 2 is 1.85 bits per heavy atom. The second-order valence-electron chi connectivity index (χ2n) is 7.76. The number of aliphatic hydroxyl groups is 1. The number of hydrogen-bond donors (Lipinski definition) is 2. The molecule has 1 fully saturated rings. The summed E-state index contributed by atoms with van der Waals surface area (Å²) < 4.78 is 5.79. The average molecular weight is 441 g/mol. The molecule has 0 saturated carbocycles. The van der Waals surface area contributed by atoms with Gasteiger partial charge in [0, 0.05) is 17.8 Å². The van der Waals surface area contributed by atoms with Gasteiger partial charge in [0.1, 0.15) is 12.7 Å². The second-order valence-corrected chi connectivity index (χ2v) is 7.76. The van der Waals surface area contributed by atoms with Crippen LogP contribution in [-0.4, -0.2) is 41.1 Å². The number of amides is 2. The number of anilines is 1. The van der Waals surface area contributed by atoms with E-state index >= 15 is 0 Å². The van der Waals surface area contributed by atoms with Crippen molar-refractivity contribution in [1.82, 2.24) is 4.90 Å². The van der Waals surface area contributed by atoms with Crippen LogP contribution in [0, 0.1) is 11.3 Å². The van der Waals surface area contributed by atoms with Gasteiger partial charge in [-0.25, -0.2) is 0 Å². The molecule has 3 aromatic carbocycles. The molecule has 0 aliphatic carbocycles. The zero-order valence-electron chi connectivity index (χ0n) is 17.8. The highest BCUT2D eigenvalue weighted by Crippen LogP contribution is 2.31. The molecule has 1 aliphatic rings. The fourth-order valence-corrected chi connectivity index (χ4v) is 3.89. The Morgan fingerprint density at radius 1 is 1.09 bits per heavy atom. The molecular formula is C26H23N3O4. The van der Waals surface area contributed by atoms with E-state index in [0.717, 1.165) is 11.1 Å². The highest BCUT2D eigenvalue weighted by Gasteiger charge is 2.37. The molecule has 33 heavy (non-hydrogen) atoms. The minimum Gasteiger partial charge on any atom is -0.394 e. The molecule has 2 N–H and O–H groups in total. The maximum atomic E-state index is 12.5. The molecule has 166 valence electrons. The van der Waals surface area contributed by atoms with Gasteiger partial charge in [-0.1, -0.05) is 48.5 Å². The Labute approximate surface area is 191 Å². The lowest BCUT2D eigenvalue weighted by Crippen LogP contribution is -2.52. The van der Waals surface area contributed by atoms with Crippen LogP contribution in [0.2, 0.25) is 0 Å². The van der Waals surface area contributed by atoms with Gasteiger partial charge in [-0.2, -0.15) is 5.26 Å². The molecule has 1 saturated heterocycles. The van der Waals surface area contributed by atoms with E-state index < -0.39 is 12.1 Å². The van der Waals surface area contributed by atoms with Crippen LogP contribution in [0.3, 0.4) is 0 Å². The van der Waals surface area contributed by atoms with Crippen molar-refractivity contribution in [3.63, 3.8) is 0 Å².